The molecular formula is C24H28N2O4. The molecule has 0 spiro atoms. The molecule has 0 aromatic heterocycles. The minimum absolute atomic E-state index is 0.125. The number of carbonyl (C=O) groups excluding carboxylic acids is 1. The van der Waals surface area contributed by atoms with Crippen LogP contribution < -0.4 is 0 Å². The van der Waals surface area contributed by atoms with Crippen LogP contribution in [0.4, 0.5) is 4.79 Å². The second kappa shape index (κ2) is 11.0. The maximum absolute atomic E-state index is 12.6. The minimum Gasteiger partial charge on any atom is -0.480 e. The van der Waals surface area contributed by atoms with Crippen LogP contribution in [-0.4, -0.2) is 34.7 Å². The molecule has 6 heteroatoms. The molecule has 2 aromatic carbocycles. The third kappa shape index (κ3) is 5.84. The van der Waals surface area contributed by atoms with E-state index in [9.17, 15) is 20.0 Å². The van der Waals surface area contributed by atoms with Gasteiger partial charge in [-0.2, -0.15) is 5.26 Å². The number of nitriles is 1. The van der Waals surface area contributed by atoms with E-state index in [2.05, 4.69) is 6.07 Å². The van der Waals surface area contributed by atoms with Crippen LogP contribution in [0.25, 0.3) is 11.1 Å². The highest BCUT2D eigenvalue weighted by Crippen LogP contribution is 2.24. The van der Waals surface area contributed by atoms with Gasteiger partial charge in [0.2, 0.25) is 0 Å². The summed E-state index contributed by atoms with van der Waals surface area (Å²) in [6.07, 6.45) is 0.987. The molecule has 1 N–H and O–H groups in total. The Bertz CT molecular complexity index is 900. The minimum atomic E-state index is -1.06. The van der Waals surface area contributed by atoms with E-state index in [1.807, 2.05) is 49.4 Å². The van der Waals surface area contributed by atoms with Crippen molar-refractivity contribution in [3.05, 3.63) is 59.7 Å². The largest absolute Gasteiger partial charge is 0.480 e. The summed E-state index contributed by atoms with van der Waals surface area (Å²) in [6.45, 7) is 5.92. The van der Waals surface area contributed by atoms with Crippen molar-refractivity contribution in [2.75, 3.05) is 6.61 Å². The van der Waals surface area contributed by atoms with Crippen LogP contribution in [0, 0.1) is 17.2 Å². The van der Waals surface area contributed by atoms with Gasteiger partial charge in [-0.05, 0) is 35.1 Å². The smallest absolute Gasteiger partial charge is 0.410 e. The molecule has 30 heavy (non-hydrogen) atoms. The lowest BCUT2D eigenvalue weighted by Gasteiger charge is -2.30. The van der Waals surface area contributed by atoms with Crippen LogP contribution in [0.1, 0.15) is 44.7 Å². The first-order chi connectivity index (χ1) is 14.4. The number of hydrogen-bond acceptors (Lipinski definition) is 4. The Kier molecular flexibility index (Phi) is 8.42. The fourth-order valence-electron chi connectivity index (χ4n) is 3.26. The van der Waals surface area contributed by atoms with E-state index in [0.717, 1.165) is 29.5 Å². The van der Waals surface area contributed by atoms with Gasteiger partial charge in [-0.25, -0.2) is 9.59 Å². The Morgan fingerprint density at radius 3 is 2.37 bits per heavy atom. The first-order valence-electron chi connectivity index (χ1n) is 10.1. The number of carbonyl (C=O) groups is 2. The van der Waals surface area contributed by atoms with Crippen molar-refractivity contribution in [1.82, 2.24) is 4.90 Å². The molecule has 0 saturated heterocycles. The first kappa shape index (κ1) is 23.0. The standard InChI is InChI=1S/C24H28N2O4/c1-4-5-14-30-24(29)26(22(17(2)3)23(27)28)16-18-10-12-19(13-11-18)21-9-7-6-8-20(21)15-25/h6-13,17,22H,4-5,14,16H2,1-3H3,(H,27,28)/t22-/m0/s1. The van der Waals surface area contributed by atoms with Crippen LogP contribution >= 0.6 is 0 Å². The lowest BCUT2D eigenvalue weighted by Crippen LogP contribution is -2.47. The van der Waals surface area contributed by atoms with E-state index >= 15 is 0 Å². The molecule has 0 unspecified atom stereocenters. The molecule has 158 valence electrons. The van der Waals surface area contributed by atoms with Crippen molar-refractivity contribution in [2.24, 2.45) is 5.92 Å². The van der Waals surface area contributed by atoms with Crippen LogP contribution in [0.5, 0.6) is 0 Å². The lowest BCUT2D eigenvalue weighted by molar-refractivity contribution is -0.144. The Hall–Kier alpha value is -3.33. The fraction of sp³-hybridized carbons (Fsp3) is 0.375. The molecule has 0 aliphatic heterocycles. The number of rotatable bonds is 9. The van der Waals surface area contributed by atoms with Crippen molar-refractivity contribution >= 4 is 12.1 Å². The summed E-state index contributed by atoms with van der Waals surface area (Å²) in [5.74, 6) is -1.33. The van der Waals surface area contributed by atoms with Crippen LogP contribution in [0.3, 0.4) is 0 Å². The molecule has 2 aromatic rings. The van der Waals surface area contributed by atoms with Crippen LogP contribution in [-0.2, 0) is 16.1 Å². The summed E-state index contributed by atoms with van der Waals surface area (Å²) in [7, 11) is 0. The van der Waals surface area contributed by atoms with E-state index < -0.39 is 18.1 Å². The molecule has 0 saturated carbocycles. The summed E-state index contributed by atoms with van der Waals surface area (Å²) >= 11 is 0. The van der Waals surface area contributed by atoms with E-state index in [0.29, 0.717) is 5.56 Å². The number of hydrogen-bond donors (Lipinski definition) is 1. The van der Waals surface area contributed by atoms with Crippen molar-refractivity contribution in [3.8, 4) is 17.2 Å². The van der Waals surface area contributed by atoms with Crippen molar-refractivity contribution < 1.29 is 19.4 Å². The van der Waals surface area contributed by atoms with Gasteiger partial charge in [0.05, 0.1) is 18.2 Å². The molecule has 1 amide bonds. The van der Waals surface area contributed by atoms with E-state index in [1.165, 1.54) is 4.90 Å². The SMILES string of the molecule is CCCCOC(=O)N(Cc1ccc(-c2ccccc2C#N)cc1)[C@H](C(=O)O)C(C)C. The highest BCUT2D eigenvalue weighted by Gasteiger charge is 2.33. The van der Waals surface area contributed by atoms with Crippen molar-refractivity contribution in [2.45, 2.75) is 46.2 Å². The molecule has 0 radical (unpaired) electrons. The fourth-order valence-corrected chi connectivity index (χ4v) is 3.26. The second-order valence-corrected chi connectivity index (χ2v) is 7.48. The van der Waals surface area contributed by atoms with Crippen molar-refractivity contribution in [1.29, 1.82) is 5.26 Å². The van der Waals surface area contributed by atoms with E-state index in [4.69, 9.17) is 4.74 Å². The van der Waals surface area contributed by atoms with Crippen LogP contribution in [0.2, 0.25) is 0 Å². The summed E-state index contributed by atoms with van der Waals surface area (Å²) in [6, 6.07) is 16.0. The molecule has 0 aliphatic rings. The van der Waals surface area contributed by atoms with Gasteiger partial charge in [-0.1, -0.05) is 69.7 Å². The first-order valence-corrected chi connectivity index (χ1v) is 10.1. The van der Waals surface area contributed by atoms with E-state index in [1.54, 1.807) is 19.9 Å². The van der Waals surface area contributed by atoms with E-state index in [-0.39, 0.29) is 19.1 Å². The molecule has 0 heterocycles. The average molecular weight is 408 g/mol. The van der Waals surface area contributed by atoms with Gasteiger partial charge in [0.15, 0.2) is 0 Å². The molecule has 2 rings (SSSR count). The molecule has 1 atom stereocenters. The summed E-state index contributed by atoms with van der Waals surface area (Å²) < 4.78 is 5.31. The van der Waals surface area contributed by atoms with Gasteiger partial charge >= 0.3 is 12.1 Å². The number of ether oxygens (including phenoxy) is 1. The van der Waals surface area contributed by atoms with Gasteiger partial charge in [0.1, 0.15) is 6.04 Å². The summed E-state index contributed by atoms with van der Waals surface area (Å²) in [5, 5.41) is 19.0. The number of nitrogens with zero attached hydrogens (tertiary/aromatic N) is 2. The third-order valence-corrected chi connectivity index (χ3v) is 4.84. The monoisotopic (exact) mass is 408 g/mol. The number of carboxylic acid groups (broad SMARTS) is 1. The quantitative estimate of drug-likeness (QED) is 0.585. The number of amides is 1. The number of benzene rings is 2. The second-order valence-electron chi connectivity index (χ2n) is 7.48. The third-order valence-electron chi connectivity index (χ3n) is 4.84. The van der Waals surface area contributed by atoms with Crippen LogP contribution in [0.15, 0.2) is 48.5 Å². The zero-order chi connectivity index (χ0) is 22.1. The molecule has 0 aliphatic carbocycles. The lowest BCUT2D eigenvalue weighted by atomic mass is 9.98. The maximum atomic E-state index is 12.6. The molecule has 0 fully saturated rings. The molecule has 0 bridgehead atoms. The van der Waals surface area contributed by atoms with Gasteiger partial charge in [-0.15, -0.1) is 0 Å². The summed E-state index contributed by atoms with van der Waals surface area (Å²) in [5.41, 5.74) is 3.07. The summed E-state index contributed by atoms with van der Waals surface area (Å²) in [4.78, 5) is 25.8. The number of unbranched alkanes of at least 4 members (excludes halogenated alkanes) is 1. The Morgan fingerprint density at radius 2 is 1.80 bits per heavy atom. The molecule has 6 nitrogen and oxygen atoms in total. The predicted molar refractivity (Wildman–Crippen MR) is 115 cm³/mol. The molecular weight excluding hydrogens is 380 g/mol. The topological polar surface area (TPSA) is 90.6 Å². The van der Waals surface area contributed by atoms with Gasteiger partial charge < -0.3 is 9.84 Å². The zero-order valence-corrected chi connectivity index (χ0v) is 17.7. The Labute approximate surface area is 177 Å². The highest BCUT2D eigenvalue weighted by molar-refractivity contribution is 5.80. The van der Waals surface area contributed by atoms with Gasteiger partial charge in [0, 0.05) is 6.54 Å². The Balaban J connectivity index is 2.27. The Morgan fingerprint density at radius 1 is 1.13 bits per heavy atom. The zero-order valence-electron chi connectivity index (χ0n) is 17.7. The van der Waals surface area contributed by atoms with Gasteiger partial charge in [0.25, 0.3) is 0 Å². The highest BCUT2D eigenvalue weighted by atomic mass is 16.6. The number of carboxylic acids is 1. The van der Waals surface area contributed by atoms with Crippen molar-refractivity contribution in [3.63, 3.8) is 0 Å². The number of aliphatic carboxylic acids is 1. The predicted octanol–water partition coefficient (Wildman–Crippen LogP) is 5.07. The normalized spacial score (nSPS) is 11.6. The maximum Gasteiger partial charge on any atom is 0.410 e. The van der Waals surface area contributed by atoms with Gasteiger partial charge in [-0.3, -0.25) is 4.90 Å². The average Bonchev–Trinajstić information content (AvgIpc) is 2.73.